The predicted molar refractivity (Wildman–Crippen MR) is 34.9 cm³/mol. The third-order valence-corrected chi connectivity index (χ3v) is 1.43. The molecule has 0 aliphatic heterocycles. The molecule has 0 aromatic rings. The van der Waals surface area contributed by atoms with Gasteiger partial charge >= 0.3 is 6.18 Å². The first kappa shape index (κ1) is 10.7. The van der Waals surface area contributed by atoms with Crippen molar-refractivity contribution < 1.29 is 18.3 Å². The normalized spacial score (nSPS) is 18.5. The molecular weight excluding hydrogens is 159 g/mol. The molecule has 0 aliphatic rings. The number of aliphatic hydroxyl groups excluding tert-OH is 1. The molecule has 0 rings (SSSR count). The average molecular weight is 171 g/mol. The second kappa shape index (κ2) is 3.40. The maximum absolute atomic E-state index is 11.8. The van der Waals surface area contributed by atoms with Crippen molar-refractivity contribution in [1.29, 1.82) is 0 Å². The van der Waals surface area contributed by atoms with E-state index in [-0.39, 0.29) is 0 Å². The van der Waals surface area contributed by atoms with Crippen LogP contribution >= 0.6 is 0 Å². The average Bonchev–Trinajstić information content (AvgIpc) is 1.82. The van der Waals surface area contributed by atoms with Crippen LogP contribution in [0.25, 0.3) is 0 Å². The molecule has 68 valence electrons. The largest absolute Gasteiger partial charge is 0.406 e. The summed E-state index contributed by atoms with van der Waals surface area (Å²) in [6, 6.07) is -2.14. The second-order valence-corrected chi connectivity index (χ2v) is 2.80. The molecule has 0 bridgehead atoms. The highest BCUT2D eigenvalue weighted by atomic mass is 19.4. The van der Waals surface area contributed by atoms with Crippen molar-refractivity contribution in [3.63, 3.8) is 0 Å². The van der Waals surface area contributed by atoms with Crippen molar-refractivity contribution in [2.24, 2.45) is 11.7 Å². The minimum Gasteiger partial charge on any atom is -0.391 e. The number of halogens is 3. The van der Waals surface area contributed by atoms with Gasteiger partial charge in [-0.05, 0) is 5.92 Å². The Hall–Kier alpha value is -0.290. The van der Waals surface area contributed by atoms with Crippen LogP contribution in [-0.4, -0.2) is 23.4 Å². The van der Waals surface area contributed by atoms with Crippen molar-refractivity contribution in [2.45, 2.75) is 32.2 Å². The predicted octanol–water partition coefficient (Wildman–Crippen LogP) is 0.893. The van der Waals surface area contributed by atoms with Crippen molar-refractivity contribution >= 4 is 0 Å². The van der Waals surface area contributed by atoms with Gasteiger partial charge in [-0.25, -0.2) is 0 Å². The summed E-state index contributed by atoms with van der Waals surface area (Å²) in [5.41, 5.74) is 4.72. The van der Waals surface area contributed by atoms with Crippen LogP contribution < -0.4 is 5.73 Å². The van der Waals surface area contributed by atoms with Gasteiger partial charge in [0.15, 0.2) is 0 Å². The molecule has 0 aromatic carbocycles. The molecule has 0 aliphatic carbocycles. The topological polar surface area (TPSA) is 46.2 Å². The zero-order valence-corrected chi connectivity index (χ0v) is 6.39. The zero-order chi connectivity index (χ0) is 9.23. The minimum atomic E-state index is -4.51. The third-order valence-electron chi connectivity index (χ3n) is 1.43. The molecule has 2 atom stereocenters. The molecule has 0 aromatic heterocycles. The van der Waals surface area contributed by atoms with Crippen molar-refractivity contribution in [2.75, 3.05) is 0 Å². The summed E-state index contributed by atoms with van der Waals surface area (Å²) < 4.78 is 35.3. The van der Waals surface area contributed by atoms with Crippen LogP contribution in [0.3, 0.4) is 0 Å². The lowest BCUT2D eigenvalue weighted by molar-refractivity contribution is -0.173. The Morgan fingerprint density at radius 1 is 1.27 bits per heavy atom. The zero-order valence-electron chi connectivity index (χ0n) is 6.39. The lowest BCUT2D eigenvalue weighted by Crippen LogP contribution is -2.49. The van der Waals surface area contributed by atoms with Gasteiger partial charge in [0.1, 0.15) is 6.04 Å². The monoisotopic (exact) mass is 171 g/mol. The van der Waals surface area contributed by atoms with E-state index in [4.69, 9.17) is 10.8 Å². The summed E-state index contributed by atoms with van der Waals surface area (Å²) in [4.78, 5) is 0. The molecule has 3 N–H and O–H groups in total. The van der Waals surface area contributed by atoms with E-state index in [9.17, 15) is 13.2 Å². The molecule has 0 radical (unpaired) electrons. The Labute approximate surface area is 63.2 Å². The molecule has 0 amide bonds. The van der Waals surface area contributed by atoms with E-state index < -0.39 is 24.2 Å². The smallest absolute Gasteiger partial charge is 0.391 e. The van der Waals surface area contributed by atoms with Crippen LogP contribution in [0.2, 0.25) is 0 Å². The fourth-order valence-corrected chi connectivity index (χ4v) is 0.608. The van der Waals surface area contributed by atoms with Gasteiger partial charge in [-0.1, -0.05) is 13.8 Å². The molecule has 2 nitrogen and oxygen atoms in total. The second-order valence-electron chi connectivity index (χ2n) is 2.80. The molecule has 0 saturated carbocycles. The summed E-state index contributed by atoms with van der Waals surface area (Å²) in [7, 11) is 0. The Morgan fingerprint density at radius 3 is 1.73 bits per heavy atom. The number of rotatable bonds is 2. The fourth-order valence-electron chi connectivity index (χ4n) is 0.608. The Balaban J connectivity index is 4.13. The number of nitrogens with two attached hydrogens (primary N) is 1. The van der Waals surface area contributed by atoms with Crippen LogP contribution in [-0.2, 0) is 0 Å². The summed E-state index contributed by atoms with van der Waals surface area (Å²) in [6.07, 6.45) is -6.03. The number of aliphatic hydroxyl groups is 1. The molecular formula is C6H12F3NO. The van der Waals surface area contributed by atoms with Crippen LogP contribution in [0.5, 0.6) is 0 Å². The number of hydrogen-bond acceptors (Lipinski definition) is 2. The number of alkyl halides is 3. The highest BCUT2D eigenvalue weighted by molar-refractivity contribution is 4.80. The standard InChI is InChI=1S/C6H12F3NO/c1-3(2)4(11)5(10)6(7,8)9/h3-5,11H,10H2,1-2H3/t4-,5-/m0/s1. The van der Waals surface area contributed by atoms with E-state index in [0.717, 1.165) is 0 Å². The minimum absolute atomic E-state index is 0.480. The van der Waals surface area contributed by atoms with E-state index >= 15 is 0 Å². The van der Waals surface area contributed by atoms with Gasteiger partial charge < -0.3 is 10.8 Å². The first-order chi connectivity index (χ1) is 4.76. The van der Waals surface area contributed by atoms with Crippen molar-refractivity contribution in [3.05, 3.63) is 0 Å². The molecule has 0 spiro atoms. The molecule has 0 saturated heterocycles. The van der Waals surface area contributed by atoms with Crippen LogP contribution in [0.4, 0.5) is 13.2 Å². The van der Waals surface area contributed by atoms with Gasteiger partial charge in [0.2, 0.25) is 0 Å². The lowest BCUT2D eigenvalue weighted by Gasteiger charge is -2.23. The van der Waals surface area contributed by atoms with Crippen molar-refractivity contribution in [3.8, 4) is 0 Å². The van der Waals surface area contributed by atoms with Crippen LogP contribution in [0, 0.1) is 5.92 Å². The molecule has 5 heteroatoms. The maximum Gasteiger partial charge on any atom is 0.406 e. The first-order valence-corrected chi connectivity index (χ1v) is 3.27. The van der Waals surface area contributed by atoms with Gasteiger partial charge in [0.05, 0.1) is 6.10 Å². The SMILES string of the molecule is CC(C)[C@H](O)[C@H](N)C(F)(F)F. The quantitative estimate of drug-likeness (QED) is 0.648. The van der Waals surface area contributed by atoms with Gasteiger partial charge in [-0.15, -0.1) is 0 Å². The summed E-state index contributed by atoms with van der Waals surface area (Å²) in [6.45, 7) is 2.96. The molecule has 0 heterocycles. The highest BCUT2D eigenvalue weighted by Gasteiger charge is 2.42. The summed E-state index contributed by atoms with van der Waals surface area (Å²) >= 11 is 0. The Morgan fingerprint density at radius 2 is 1.64 bits per heavy atom. The van der Waals surface area contributed by atoms with Gasteiger partial charge in [-0.2, -0.15) is 13.2 Å². The van der Waals surface area contributed by atoms with E-state index in [0.29, 0.717) is 0 Å². The summed E-state index contributed by atoms with van der Waals surface area (Å²) in [5.74, 6) is -0.480. The molecule has 0 fully saturated rings. The molecule has 0 unspecified atom stereocenters. The van der Waals surface area contributed by atoms with Crippen molar-refractivity contribution in [1.82, 2.24) is 0 Å². The lowest BCUT2D eigenvalue weighted by atomic mass is 10.0. The molecule has 11 heavy (non-hydrogen) atoms. The maximum atomic E-state index is 11.8. The number of hydrogen-bond donors (Lipinski definition) is 2. The highest BCUT2D eigenvalue weighted by Crippen LogP contribution is 2.23. The first-order valence-electron chi connectivity index (χ1n) is 3.27. The Kier molecular flexibility index (Phi) is 3.31. The summed E-state index contributed by atoms with van der Waals surface area (Å²) in [5, 5.41) is 8.89. The third kappa shape index (κ3) is 3.07. The van der Waals surface area contributed by atoms with E-state index in [2.05, 4.69) is 0 Å². The Bertz CT molecular complexity index is 123. The van der Waals surface area contributed by atoms with Gasteiger partial charge in [0.25, 0.3) is 0 Å². The van der Waals surface area contributed by atoms with Crippen LogP contribution in [0.15, 0.2) is 0 Å². The van der Waals surface area contributed by atoms with Gasteiger partial charge in [0, 0.05) is 0 Å². The van der Waals surface area contributed by atoms with Crippen LogP contribution in [0.1, 0.15) is 13.8 Å². The van der Waals surface area contributed by atoms with E-state index in [1.54, 1.807) is 0 Å². The van der Waals surface area contributed by atoms with Gasteiger partial charge in [-0.3, -0.25) is 0 Å². The van der Waals surface area contributed by atoms with E-state index in [1.165, 1.54) is 13.8 Å². The van der Waals surface area contributed by atoms with E-state index in [1.807, 2.05) is 0 Å². The fraction of sp³-hybridized carbons (Fsp3) is 1.00.